The van der Waals surface area contributed by atoms with E-state index in [1.807, 2.05) is 13.8 Å². The topological polar surface area (TPSA) is 58.9 Å². The first-order valence-corrected chi connectivity index (χ1v) is 9.24. The molecule has 122 valence electrons. The SMILES string of the molecule is CCOC(=O)c1c(/N=C/c2cc(Br)cc(Br)c2O)sc(C)c1C. The van der Waals surface area contributed by atoms with Crippen LogP contribution in [0.4, 0.5) is 5.00 Å². The molecule has 7 heteroatoms. The summed E-state index contributed by atoms with van der Waals surface area (Å²) in [6.07, 6.45) is 1.54. The third-order valence-corrected chi connectivity index (χ3v) is 5.40. The summed E-state index contributed by atoms with van der Waals surface area (Å²) in [5.74, 6) is -0.277. The van der Waals surface area contributed by atoms with Gasteiger partial charge in [-0.2, -0.15) is 0 Å². The first kappa shape index (κ1) is 18.2. The minimum absolute atomic E-state index is 0.0969. The number of phenolic OH excluding ortho intramolecular Hbond substituents is 1. The number of nitrogens with zero attached hydrogens (tertiary/aromatic N) is 1. The fourth-order valence-electron chi connectivity index (χ4n) is 1.96. The first-order chi connectivity index (χ1) is 10.8. The molecule has 23 heavy (non-hydrogen) atoms. The van der Waals surface area contributed by atoms with E-state index in [0.29, 0.717) is 27.2 Å². The van der Waals surface area contributed by atoms with Crippen molar-refractivity contribution in [2.45, 2.75) is 20.8 Å². The van der Waals surface area contributed by atoms with E-state index in [1.165, 1.54) is 17.6 Å². The van der Waals surface area contributed by atoms with Crippen LogP contribution in [0.5, 0.6) is 5.75 Å². The number of benzene rings is 1. The Morgan fingerprint density at radius 1 is 1.39 bits per heavy atom. The number of esters is 1. The van der Waals surface area contributed by atoms with Gasteiger partial charge in [0.25, 0.3) is 0 Å². The van der Waals surface area contributed by atoms with Crippen molar-refractivity contribution in [3.05, 3.63) is 42.6 Å². The number of hydrogen-bond acceptors (Lipinski definition) is 5. The van der Waals surface area contributed by atoms with Crippen LogP contribution < -0.4 is 0 Å². The van der Waals surface area contributed by atoms with Crippen LogP contribution in [0.3, 0.4) is 0 Å². The van der Waals surface area contributed by atoms with Gasteiger partial charge in [0.1, 0.15) is 10.8 Å². The molecule has 0 saturated heterocycles. The Hall–Kier alpha value is -1.18. The molecule has 4 nitrogen and oxygen atoms in total. The smallest absolute Gasteiger partial charge is 0.341 e. The van der Waals surface area contributed by atoms with Gasteiger partial charge in [-0.15, -0.1) is 11.3 Å². The molecule has 0 spiro atoms. The van der Waals surface area contributed by atoms with Gasteiger partial charge in [0, 0.05) is 21.1 Å². The van der Waals surface area contributed by atoms with Crippen LogP contribution in [0.25, 0.3) is 0 Å². The second-order valence-corrected chi connectivity index (χ2v) is 7.74. The van der Waals surface area contributed by atoms with Gasteiger partial charge in [-0.25, -0.2) is 9.79 Å². The maximum atomic E-state index is 12.1. The second kappa shape index (κ2) is 7.59. The van der Waals surface area contributed by atoms with Crippen LogP contribution in [0, 0.1) is 13.8 Å². The molecule has 0 bridgehead atoms. The summed E-state index contributed by atoms with van der Waals surface area (Å²) in [7, 11) is 0. The monoisotopic (exact) mass is 459 g/mol. The normalized spacial score (nSPS) is 11.2. The zero-order chi connectivity index (χ0) is 17.1. The van der Waals surface area contributed by atoms with Gasteiger partial charge in [0.15, 0.2) is 0 Å². The Morgan fingerprint density at radius 3 is 2.74 bits per heavy atom. The van der Waals surface area contributed by atoms with Gasteiger partial charge in [0.05, 0.1) is 16.6 Å². The van der Waals surface area contributed by atoms with Crippen molar-refractivity contribution in [3.63, 3.8) is 0 Å². The van der Waals surface area contributed by atoms with Crippen LogP contribution in [-0.4, -0.2) is 23.9 Å². The average molecular weight is 461 g/mol. The number of hydrogen-bond donors (Lipinski definition) is 1. The first-order valence-electron chi connectivity index (χ1n) is 6.84. The highest BCUT2D eigenvalue weighted by molar-refractivity contribution is 9.11. The summed E-state index contributed by atoms with van der Waals surface area (Å²) in [4.78, 5) is 17.5. The molecule has 0 aliphatic carbocycles. The molecule has 1 heterocycles. The number of aliphatic imine (C=N–C) groups is 1. The highest BCUT2D eigenvalue weighted by atomic mass is 79.9. The highest BCUT2D eigenvalue weighted by Crippen LogP contribution is 2.36. The molecule has 0 unspecified atom stereocenters. The summed E-state index contributed by atoms with van der Waals surface area (Å²) < 4.78 is 6.49. The molecule has 1 N–H and O–H groups in total. The Kier molecular flexibility index (Phi) is 6.00. The number of halogens is 2. The third kappa shape index (κ3) is 4.02. The molecule has 0 aliphatic rings. The van der Waals surface area contributed by atoms with Crippen molar-refractivity contribution in [3.8, 4) is 5.75 Å². The van der Waals surface area contributed by atoms with E-state index in [1.54, 1.807) is 19.1 Å². The molecule has 2 aromatic rings. The average Bonchev–Trinajstić information content (AvgIpc) is 2.76. The summed E-state index contributed by atoms with van der Waals surface area (Å²) in [6.45, 7) is 5.90. The minimum Gasteiger partial charge on any atom is -0.506 e. The molecule has 0 saturated carbocycles. The van der Waals surface area contributed by atoms with Gasteiger partial charge in [-0.05, 0) is 54.4 Å². The van der Waals surface area contributed by atoms with Crippen LogP contribution >= 0.6 is 43.2 Å². The van der Waals surface area contributed by atoms with E-state index in [0.717, 1.165) is 14.9 Å². The predicted octanol–water partition coefficient (Wildman–Crippen LogP) is 5.52. The van der Waals surface area contributed by atoms with E-state index in [4.69, 9.17) is 4.74 Å². The summed E-state index contributed by atoms with van der Waals surface area (Å²) in [6, 6.07) is 3.50. The predicted molar refractivity (Wildman–Crippen MR) is 101 cm³/mol. The van der Waals surface area contributed by atoms with Gasteiger partial charge in [0.2, 0.25) is 0 Å². The number of aromatic hydroxyl groups is 1. The number of aryl methyl sites for hydroxylation is 1. The Bertz CT molecular complexity index is 784. The Balaban J connectivity index is 2.45. The molecule has 1 aromatic carbocycles. The minimum atomic E-state index is -0.374. The lowest BCUT2D eigenvalue weighted by Gasteiger charge is -2.04. The van der Waals surface area contributed by atoms with Crippen LogP contribution in [0.2, 0.25) is 0 Å². The zero-order valence-electron chi connectivity index (χ0n) is 12.8. The summed E-state index contributed by atoms with van der Waals surface area (Å²) >= 11 is 8.08. The van der Waals surface area contributed by atoms with Crippen LogP contribution in [0.15, 0.2) is 26.1 Å². The van der Waals surface area contributed by atoms with Crippen molar-refractivity contribution >= 4 is 60.4 Å². The molecule has 0 radical (unpaired) electrons. The zero-order valence-corrected chi connectivity index (χ0v) is 16.8. The molecular weight excluding hydrogens is 446 g/mol. The van der Waals surface area contributed by atoms with E-state index >= 15 is 0 Å². The summed E-state index contributed by atoms with van der Waals surface area (Å²) in [5, 5.41) is 10.7. The maximum absolute atomic E-state index is 12.1. The molecular formula is C16H15Br2NO3S. The van der Waals surface area contributed by atoms with Gasteiger partial charge in [-0.3, -0.25) is 0 Å². The van der Waals surface area contributed by atoms with E-state index < -0.39 is 0 Å². The number of thiophene rings is 1. The van der Waals surface area contributed by atoms with E-state index in [2.05, 4.69) is 36.9 Å². The summed E-state index contributed by atoms with van der Waals surface area (Å²) in [5.41, 5.74) is 1.91. The second-order valence-electron chi connectivity index (χ2n) is 4.77. The van der Waals surface area contributed by atoms with Crippen molar-refractivity contribution in [1.82, 2.24) is 0 Å². The van der Waals surface area contributed by atoms with E-state index in [-0.39, 0.29) is 11.7 Å². The number of carbonyl (C=O) groups is 1. The van der Waals surface area contributed by atoms with E-state index in [9.17, 15) is 9.90 Å². The largest absolute Gasteiger partial charge is 0.506 e. The van der Waals surface area contributed by atoms with Crippen molar-refractivity contribution in [1.29, 1.82) is 0 Å². The van der Waals surface area contributed by atoms with Gasteiger partial charge < -0.3 is 9.84 Å². The van der Waals surface area contributed by atoms with Gasteiger partial charge >= 0.3 is 5.97 Å². The molecule has 0 aliphatic heterocycles. The Labute approximate surface area is 155 Å². The Morgan fingerprint density at radius 2 is 2.09 bits per heavy atom. The third-order valence-electron chi connectivity index (χ3n) is 3.22. The molecule has 0 atom stereocenters. The quantitative estimate of drug-likeness (QED) is 0.482. The lowest BCUT2D eigenvalue weighted by atomic mass is 10.1. The number of carbonyl (C=O) groups excluding carboxylic acids is 1. The van der Waals surface area contributed by atoms with Crippen LogP contribution in [0.1, 0.15) is 33.3 Å². The number of ether oxygens (including phenoxy) is 1. The van der Waals surface area contributed by atoms with Crippen LogP contribution in [-0.2, 0) is 4.74 Å². The molecule has 0 fully saturated rings. The fraction of sp³-hybridized carbons (Fsp3) is 0.250. The van der Waals surface area contributed by atoms with Gasteiger partial charge in [-0.1, -0.05) is 15.9 Å². The van der Waals surface area contributed by atoms with Crippen molar-refractivity contribution in [2.75, 3.05) is 6.61 Å². The fourth-order valence-corrected chi connectivity index (χ4v) is 4.20. The van der Waals surface area contributed by atoms with Crippen molar-refractivity contribution in [2.24, 2.45) is 4.99 Å². The maximum Gasteiger partial charge on any atom is 0.341 e. The van der Waals surface area contributed by atoms with Crippen molar-refractivity contribution < 1.29 is 14.6 Å². The number of phenols is 1. The lowest BCUT2D eigenvalue weighted by Crippen LogP contribution is -2.05. The standard InChI is InChI=1S/C16H15Br2NO3S/c1-4-22-16(21)13-8(2)9(3)23-15(13)19-7-10-5-11(17)6-12(18)14(10)20/h5-7,20H,4H2,1-3H3/b19-7+. The highest BCUT2D eigenvalue weighted by Gasteiger charge is 2.20. The number of rotatable bonds is 4. The molecule has 2 rings (SSSR count). The molecule has 1 aromatic heterocycles. The molecule has 0 amide bonds. The lowest BCUT2D eigenvalue weighted by molar-refractivity contribution is 0.0527.